The van der Waals surface area contributed by atoms with Crippen molar-refractivity contribution < 1.29 is 0 Å². The van der Waals surface area contributed by atoms with Crippen molar-refractivity contribution >= 4 is 0 Å². The van der Waals surface area contributed by atoms with Crippen molar-refractivity contribution in [1.29, 1.82) is 0 Å². The SMILES string of the molecule is [CH2][C@H]1CC[C@@H](c2ccccc2)CC1. The summed E-state index contributed by atoms with van der Waals surface area (Å²) in [6.07, 6.45) is 5.27. The van der Waals surface area contributed by atoms with Gasteiger partial charge in [-0.1, -0.05) is 37.3 Å². The first-order chi connectivity index (χ1) is 6.36. The Morgan fingerprint density at radius 2 is 1.54 bits per heavy atom. The van der Waals surface area contributed by atoms with E-state index in [1.165, 1.54) is 31.2 Å². The van der Waals surface area contributed by atoms with Crippen LogP contribution < -0.4 is 0 Å². The zero-order chi connectivity index (χ0) is 9.10. The summed E-state index contributed by atoms with van der Waals surface area (Å²) in [5, 5.41) is 0. The van der Waals surface area contributed by atoms with Crippen molar-refractivity contribution in [3.8, 4) is 0 Å². The Hall–Kier alpha value is -0.780. The first-order valence-electron chi connectivity index (χ1n) is 5.24. The molecule has 0 spiro atoms. The van der Waals surface area contributed by atoms with Crippen LogP contribution in [0.2, 0.25) is 0 Å². The average Bonchev–Trinajstić information content (AvgIpc) is 2.20. The highest BCUT2D eigenvalue weighted by molar-refractivity contribution is 5.19. The molecule has 0 saturated heterocycles. The molecule has 69 valence electrons. The normalized spacial score (nSPS) is 28.7. The van der Waals surface area contributed by atoms with Crippen LogP contribution in [-0.2, 0) is 0 Å². The standard InChI is InChI=1S/C13H17/c1-11-7-9-13(10-8-11)12-5-3-2-4-6-12/h2-6,11,13H,1,7-10H2/t11-,13+. The summed E-state index contributed by atoms with van der Waals surface area (Å²) in [7, 11) is 0. The second-order valence-electron chi connectivity index (χ2n) is 4.13. The van der Waals surface area contributed by atoms with Crippen LogP contribution in [-0.4, -0.2) is 0 Å². The largest absolute Gasteiger partial charge is 0.0622 e. The fraction of sp³-hybridized carbons (Fsp3) is 0.462. The van der Waals surface area contributed by atoms with Gasteiger partial charge in [0.1, 0.15) is 0 Å². The molecule has 1 radical (unpaired) electrons. The number of benzene rings is 1. The number of hydrogen-bond donors (Lipinski definition) is 0. The predicted octanol–water partition coefficient (Wildman–Crippen LogP) is 3.79. The van der Waals surface area contributed by atoms with Gasteiger partial charge in [0.25, 0.3) is 0 Å². The quantitative estimate of drug-likeness (QED) is 0.606. The summed E-state index contributed by atoms with van der Waals surface area (Å²) in [4.78, 5) is 0. The summed E-state index contributed by atoms with van der Waals surface area (Å²) >= 11 is 0. The van der Waals surface area contributed by atoms with Gasteiger partial charge in [0, 0.05) is 0 Å². The van der Waals surface area contributed by atoms with Crippen LogP contribution in [0.4, 0.5) is 0 Å². The molecule has 0 atom stereocenters. The molecular formula is C13H17. The van der Waals surface area contributed by atoms with E-state index >= 15 is 0 Å². The molecule has 1 aromatic rings. The summed E-state index contributed by atoms with van der Waals surface area (Å²) in [6.45, 7) is 4.13. The van der Waals surface area contributed by atoms with Crippen LogP contribution >= 0.6 is 0 Å². The number of rotatable bonds is 1. The predicted molar refractivity (Wildman–Crippen MR) is 56.5 cm³/mol. The van der Waals surface area contributed by atoms with E-state index in [0.29, 0.717) is 5.92 Å². The molecule has 0 aliphatic heterocycles. The molecule has 1 aliphatic carbocycles. The summed E-state index contributed by atoms with van der Waals surface area (Å²) in [6, 6.07) is 10.9. The van der Waals surface area contributed by atoms with Gasteiger partial charge in [-0.3, -0.25) is 0 Å². The topological polar surface area (TPSA) is 0 Å². The van der Waals surface area contributed by atoms with Gasteiger partial charge in [0.15, 0.2) is 0 Å². The van der Waals surface area contributed by atoms with E-state index in [1.54, 1.807) is 0 Å². The van der Waals surface area contributed by atoms with Crippen LogP contribution in [0.3, 0.4) is 0 Å². The lowest BCUT2D eigenvalue weighted by Gasteiger charge is -2.26. The van der Waals surface area contributed by atoms with Gasteiger partial charge < -0.3 is 0 Å². The Morgan fingerprint density at radius 3 is 2.15 bits per heavy atom. The maximum Gasteiger partial charge on any atom is -0.0162 e. The maximum atomic E-state index is 4.13. The van der Waals surface area contributed by atoms with Crippen molar-refractivity contribution in [3.63, 3.8) is 0 Å². The Morgan fingerprint density at radius 1 is 0.923 bits per heavy atom. The van der Waals surface area contributed by atoms with Gasteiger partial charge in [0.2, 0.25) is 0 Å². The van der Waals surface area contributed by atoms with Gasteiger partial charge in [0.05, 0.1) is 0 Å². The average molecular weight is 173 g/mol. The summed E-state index contributed by atoms with van der Waals surface area (Å²) < 4.78 is 0. The Kier molecular flexibility index (Phi) is 2.68. The van der Waals surface area contributed by atoms with Gasteiger partial charge in [-0.15, -0.1) is 0 Å². The molecule has 0 nitrogen and oxygen atoms in total. The highest BCUT2D eigenvalue weighted by atomic mass is 14.2. The molecule has 0 bridgehead atoms. The van der Waals surface area contributed by atoms with Crippen LogP contribution in [0.25, 0.3) is 0 Å². The zero-order valence-corrected chi connectivity index (χ0v) is 8.08. The molecule has 0 heteroatoms. The van der Waals surface area contributed by atoms with E-state index in [9.17, 15) is 0 Å². The highest BCUT2D eigenvalue weighted by Gasteiger charge is 2.18. The minimum Gasteiger partial charge on any atom is -0.0622 e. The van der Waals surface area contributed by atoms with E-state index in [2.05, 4.69) is 37.3 Å². The fourth-order valence-corrected chi connectivity index (χ4v) is 2.22. The lowest BCUT2D eigenvalue weighted by atomic mass is 9.79. The molecule has 0 heterocycles. The first kappa shape index (κ1) is 8.80. The second kappa shape index (κ2) is 3.95. The molecule has 0 aromatic heterocycles. The second-order valence-corrected chi connectivity index (χ2v) is 4.13. The van der Waals surface area contributed by atoms with Crippen molar-refractivity contribution in [1.82, 2.24) is 0 Å². The Labute approximate surface area is 81.0 Å². The van der Waals surface area contributed by atoms with E-state index < -0.39 is 0 Å². The third kappa shape index (κ3) is 2.12. The molecule has 1 aliphatic rings. The molecule has 1 saturated carbocycles. The van der Waals surface area contributed by atoms with Gasteiger partial charge in [-0.25, -0.2) is 0 Å². The van der Waals surface area contributed by atoms with Crippen molar-refractivity contribution in [2.24, 2.45) is 5.92 Å². The smallest absolute Gasteiger partial charge is 0.0162 e. The maximum absolute atomic E-state index is 4.13. The molecule has 1 aromatic carbocycles. The molecule has 1 fully saturated rings. The third-order valence-electron chi connectivity index (χ3n) is 3.12. The van der Waals surface area contributed by atoms with Crippen LogP contribution in [0.1, 0.15) is 37.2 Å². The lowest BCUT2D eigenvalue weighted by molar-refractivity contribution is 0.374. The molecular weight excluding hydrogens is 156 g/mol. The minimum atomic E-state index is 0.708. The summed E-state index contributed by atoms with van der Waals surface area (Å²) in [5.41, 5.74) is 1.52. The van der Waals surface area contributed by atoms with E-state index in [-0.39, 0.29) is 0 Å². The lowest BCUT2D eigenvalue weighted by Crippen LogP contribution is -2.10. The van der Waals surface area contributed by atoms with E-state index in [0.717, 1.165) is 5.92 Å². The Balaban J connectivity index is 2.03. The minimum absolute atomic E-state index is 0.708. The third-order valence-corrected chi connectivity index (χ3v) is 3.12. The van der Waals surface area contributed by atoms with Crippen LogP contribution in [0, 0.1) is 12.8 Å². The zero-order valence-electron chi connectivity index (χ0n) is 8.08. The first-order valence-corrected chi connectivity index (χ1v) is 5.24. The van der Waals surface area contributed by atoms with Crippen LogP contribution in [0.5, 0.6) is 0 Å². The Bertz CT molecular complexity index is 242. The van der Waals surface area contributed by atoms with E-state index in [4.69, 9.17) is 0 Å². The fourth-order valence-electron chi connectivity index (χ4n) is 2.22. The number of hydrogen-bond acceptors (Lipinski definition) is 0. The molecule has 2 rings (SSSR count). The highest BCUT2D eigenvalue weighted by Crippen LogP contribution is 2.34. The van der Waals surface area contributed by atoms with Gasteiger partial charge in [-0.2, -0.15) is 0 Å². The molecule has 0 N–H and O–H groups in total. The monoisotopic (exact) mass is 173 g/mol. The molecule has 0 amide bonds. The van der Waals surface area contributed by atoms with Crippen molar-refractivity contribution in [2.75, 3.05) is 0 Å². The van der Waals surface area contributed by atoms with E-state index in [1.807, 2.05) is 0 Å². The van der Waals surface area contributed by atoms with Crippen molar-refractivity contribution in [3.05, 3.63) is 42.8 Å². The molecule has 0 unspecified atom stereocenters. The van der Waals surface area contributed by atoms with Crippen molar-refractivity contribution in [2.45, 2.75) is 31.6 Å². The van der Waals surface area contributed by atoms with Gasteiger partial charge in [-0.05, 0) is 43.1 Å². The summed E-state index contributed by atoms with van der Waals surface area (Å²) in [5.74, 6) is 1.51. The van der Waals surface area contributed by atoms with Crippen LogP contribution in [0.15, 0.2) is 30.3 Å². The molecule has 13 heavy (non-hydrogen) atoms. The van der Waals surface area contributed by atoms with Gasteiger partial charge >= 0.3 is 0 Å².